The third-order valence-electron chi connectivity index (χ3n) is 10.9. The van der Waals surface area contributed by atoms with Gasteiger partial charge in [-0.05, 0) is 111 Å². The third-order valence-corrected chi connectivity index (χ3v) is 13.1. The molecule has 0 atom stereocenters. The van der Waals surface area contributed by atoms with Gasteiger partial charge in [-0.25, -0.2) is 0 Å². The lowest BCUT2D eigenvalue weighted by atomic mass is 9.97. The molecule has 0 unspecified atom stereocenters. The van der Waals surface area contributed by atoms with Gasteiger partial charge in [-0.3, -0.25) is 0 Å². The summed E-state index contributed by atoms with van der Waals surface area (Å²) >= 11 is 3.73. The molecule has 2 heterocycles. The van der Waals surface area contributed by atoms with Crippen LogP contribution in [0.15, 0.2) is 200 Å². The zero-order valence-corrected chi connectivity index (χ0v) is 31.4. The SMILES string of the molecule is c1cc(-c2cccc3ccccc23)cc(N(c2ccc(-c3ccc4sc5ccccc5c4c3)cc2)c2cccc(-c3cccc4sc5ccccc5c34)c2)c1. The van der Waals surface area contributed by atoms with Crippen molar-refractivity contribution in [3.63, 3.8) is 0 Å². The van der Waals surface area contributed by atoms with Gasteiger partial charge in [0.2, 0.25) is 0 Å². The first-order valence-corrected chi connectivity index (χ1v) is 20.3. The van der Waals surface area contributed by atoms with E-state index in [2.05, 4.69) is 205 Å². The second kappa shape index (κ2) is 13.1. The molecule has 3 heteroatoms. The van der Waals surface area contributed by atoms with Gasteiger partial charge in [0.25, 0.3) is 0 Å². The highest BCUT2D eigenvalue weighted by Crippen LogP contribution is 2.44. The van der Waals surface area contributed by atoms with Crippen LogP contribution in [0, 0.1) is 0 Å². The highest BCUT2D eigenvalue weighted by molar-refractivity contribution is 7.26. The summed E-state index contributed by atoms with van der Waals surface area (Å²) in [5.41, 5.74) is 10.7. The van der Waals surface area contributed by atoms with Crippen molar-refractivity contribution in [2.45, 2.75) is 0 Å². The fourth-order valence-corrected chi connectivity index (χ4v) is 10.5. The summed E-state index contributed by atoms with van der Waals surface area (Å²) in [6.07, 6.45) is 0. The van der Waals surface area contributed by atoms with Gasteiger partial charge in [0, 0.05) is 57.4 Å². The number of hydrogen-bond acceptors (Lipinski definition) is 3. The van der Waals surface area contributed by atoms with Crippen molar-refractivity contribution in [2.75, 3.05) is 4.90 Å². The van der Waals surface area contributed by atoms with Crippen LogP contribution >= 0.6 is 22.7 Å². The van der Waals surface area contributed by atoms with E-state index >= 15 is 0 Å². The lowest BCUT2D eigenvalue weighted by molar-refractivity contribution is 1.28. The lowest BCUT2D eigenvalue weighted by Crippen LogP contribution is -2.10. The molecule has 0 aliphatic heterocycles. The number of rotatable bonds is 6. The van der Waals surface area contributed by atoms with E-state index < -0.39 is 0 Å². The quantitative estimate of drug-likeness (QED) is 0.164. The van der Waals surface area contributed by atoms with Gasteiger partial charge in [0.05, 0.1) is 0 Å². The van der Waals surface area contributed by atoms with Crippen molar-refractivity contribution in [2.24, 2.45) is 0 Å². The second-order valence-corrected chi connectivity index (χ2v) is 16.3. The molecule has 11 aromatic rings. The van der Waals surface area contributed by atoms with Crippen LogP contribution in [0.4, 0.5) is 17.1 Å². The van der Waals surface area contributed by atoms with Crippen molar-refractivity contribution < 1.29 is 0 Å². The zero-order valence-electron chi connectivity index (χ0n) is 29.8. The molecular weight excluding hydrogens is 703 g/mol. The maximum atomic E-state index is 2.41. The molecule has 0 spiro atoms. The van der Waals surface area contributed by atoms with Gasteiger partial charge < -0.3 is 4.90 Å². The minimum absolute atomic E-state index is 1.11. The predicted molar refractivity (Wildman–Crippen MR) is 241 cm³/mol. The average molecular weight is 736 g/mol. The van der Waals surface area contributed by atoms with Crippen molar-refractivity contribution in [3.8, 4) is 33.4 Å². The monoisotopic (exact) mass is 735 g/mol. The Morgan fingerprint density at radius 1 is 0.291 bits per heavy atom. The maximum absolute atomic E-state index is 2.41. The normalized spacial score (nSPS) is 11.6. The molecule has 0 aliphatic rings. The first-order valence-electron chi connectivity index (χ1n) is 18.7. The fourth-order valence-electron chi connectivity index (χ4n) is 8.27. The van der Waals surface area contributed by atoms with E-state index in [1.54, 1.807) is 0 Å². The molecular formula is C52H33NS2. The van der Waals surface area contributed by atoms with Crippen LogP contribution in [0.2, 0.25) is 0 Å². The number of benzene rings is 9. The first-order chi connectivity index (χ1) is 27.2. The molecule has 0 amide bonds. The molecule has 9 aromatic carbocycles. The van der Waals surface area contributed by atoms with Gasteiger partial charge in [-0.1, -0.05) is 133 Å². The van der Waals surface area contributed by atoms with E-state index in [0.717, 1.165) is 17.1 Å². The van der Waals surface area contributed by atoms with Gasteiger partial charge in [0.15, 0.2) is 0 Å². The summed E-state index contributed by atoms with van der Waals surface area (Å²) in [4.78, 5) is 2.41. The lowest BCUT2D eigenvalue weighted by Gasteiger charge is -2.27. The van der Waals surface area contributed by atoms with Crippen LogP contribution in [0.25, 0.3) is 84.5 Å². The number of thiophene rings is 2. The Balaban J connectivity index is 1.06. The Kier molecular flexibility index (Phi) is 7.61. The summed E-state index contributed by atoms with van der Waals surface area (Å²) < 4.78 is 5.29. The van der Waals surface area contributed by atoms with E-state index in [0.29, 0.717) is 0 Å². The van der Waals surface area contributed by atoms with E-state index in [9.17, 15) is 0 Å². The van der Waals surface area contributed by atoms with Gasteiger partial charge in [-0.2, -0.15) is 0 Å². The summed E-state index contributed by atoms with van der Waals surface area (Å²) in [5, 5.41) is 7.78. The van der Waals surface area contributed by atoms with E-state index in [1.807, 2.05) is 22.7 Å². The van der Waals surface area contributed by atoms with Gasteiger partial charge in [-0.15, -0.1) is 22.7 Å². The minimum atomic E-state index is 1.11. The topological polar surface area (TPSA) is 3.24 Å². The number of hydrogen-bond donors (Lipinski definition) is 0. The standard InChI is InChI=1S/C52H33NS2/c1-2-17-42-35(11-1)12-9-20-43(42)37-13-7-15-40(31-37)53(39-28-25-34(26-29-39)36-27-30-50-47(33-36)45-18-3-5-22-48(45)54-50)41-16-8-14-38(32-41)44-21-10-24-51-52(44)46-19-4-6-23-49(46)55-51/h1-33H. The summed E-state index contributed by atoms with van der Waals surface area (Å²) in [6, 6.07) is 73.5. The molecule has 0 aliphatic carbocycles. The van der Waals surface area contributed by atoms with Crippen LogP contribution in [-0.4, -0.2) is 0 Å². The van der Waals surface area contributed by atoms with Crippen LogP contribution in [0.1, 0.15) is 0 Å². The largest absolute Gasteiger partial charge is 0.310 e. The Bertz CT molecular complexity index is 3220. The molecule has 1 nitrogen and oxygen atoms in total. The molecule has 55 heavy (non-hydrogen) atoms. The highest BCUT2D eigenvalue weighted by Gasteiger charge is 2.17. The Morgan fingerprint density at radius 3 is 1.64 bits per heavy atom. The zero-order chi connectivity index (χ0) is 36.3. The number of fused-ring (bicyclic) bond motifs is 7. The molecule has 258 valence electrons. The van der Waals surface area contributed by atoms with E-state index in [4.69, 9.17) is 0 Å². The maximum Gasteiger partial charge on any atom is 0.0467 e. The minimum Gasteiger partial charge on any atom is -0.310 e. The number of anilines is 3. The van der Waals surface area contributed by atoms with Crippen LogP contribution in [0.5, 0.6) is 0 Å². The average Bonchev–Trinajstić information content (AvgIpc) is 3.82. The fraction of sp³-hybridized carbons (Fsp3) is 0. The molecule has 11 rings (SSSR count). The molecule has 0 N–H and O–H groups in total. The van der Waals surface area contributed by atoms with E-state index in [1.165, 1.54) is 84.5 Å². The van der Waals surface area contributed by atoms with Crippen molar-refractivity contribution in [1.29, 1.82) is 0 Å². The molecule has 0 fully saturated rings. The summed E-state index contributed by atoms with van der Waals surface area (Å²) in [7, 11) is 0. The number of nitrogens with zero attached hydrogens (tertiary/aromatic N) is 1. The summed E-state index contributed by atoms with van der Waals surface area (Å²) in [5.74, 6) is 0. The van der Waals surface area contributed by atoms with Crippen LogP contribution in [0.3, 0.4) is 0 Å². The third kappa shape index (κ3) is 5.51. The second-order valence-electron chi connectivity index (χ2n) is 14.1. The molecule has 0 saturated heterocycles. The van der Waals surface area contributed by atoms with E-state index in [-0.39, 0.29) is 0 Å². The molecule has 0 bridgehead atoms. The summed E-state index contributed by atoms with van der Waals surface area (Å²) in [6.45, 7) is 0. The van der Waals surface area contributed by atoms with Gasteiger partial charge in [0.1, 0.15) is 0 Å². The smallest absolute Gasteiger partial charge is 0.0467 e. The Morgan fingerprint density at radius 2 is 0.836 bits per heavy atom. The Hall–Kier alpha value is -6.52. The van der Waals surface area contributed by atoms with Crippen LogP contribution in [-0.2, 0) is 0 Å². The van der Waals surface area contributed by atoms with Crippen molar-refractivity contribution >= 4 is 90.9 Å². The first kappa shape index (κ1) is 32.0. The van der Waals surface area contributed by atoms with Crippen molar-refractivity contribution in [3.05, 3.63) is 200 Å². The van der Waals surface area contributed by atoms with Crippen molar-refractivity contribution in [1.82, 2.24) is 0 Å². The predicted octanol–water partition coefficient (Wildman–Crippen LogP) is 16.0. The molecule has 0 radical (unpaired) electrons. The molecule has 2 aromatic heterocycles. The van der Waals surface area contributed by atoms with Gasteiger partial charge >= 0.3 is 0 Å². The Labute approximate surface area is 327 Å². The molecule has 0 saturated carbocycles. The van der Waals surface area contributed by atoms with Crippen LogP contribution < -0.4 is 4.90 Å². The highest BCUT2D eigenvalue weighted by atomic mass is 32.1.